The Kier molecular flexibility index (Phi) is 13.3. The lowest BCUT2D eigenvalue weighted by Gasteiger charge is -2.34. The number of aryl methyl sites for hydroxylation is 1. The number of nitrogens with zero attached hydrogens (tertiary/aromatic N) is 9. The molecule has 0 spiro atoms. The van der Waals surface area contributed by atoms with Crippen molar-refractivity contribution >= 4 is 70.6 Å². The van der Waals surface area contributed by atoms with Crippen LogP contribution >= 0.6 is 31.0 Å². The van der Waals surface area contributed by atoms with Gasteiger partial charge in [0.05, 0.1) is 39.3 Å². The molecular weight excluding hydrogens is 952 g/mol. The number of methoxy groups -OCH3 is 1. The Morgan fingerprint density at radius 1 is 0.922 bits per heavy atom. The molecule has 2 fully saturated rings. The van der Waals surface area contributed by atoms with Crippen molar-refractivity contribution in [3.63, 3.8) is 0 Å². The molecule has 34 nitrogen and oxygen atoms in total. The maximum Gasteiger partial charge on any atom is 0.313 e. The molecule has 64 heavy (non-hydrogen) atoms. The number of imidazole rings is 2. The average Bonchev–Trinajstić information content (AvgIpc) is 4.01. The van der Waals surface area contributed by atoms with Crippen LogP contribution in [0.4, 0.5) is 11.9 Å². The highest BCUT2D eigenvalue weighted by Crippen LogP contribution is 2.62. The molecule has 7 heterocycles. The van der Waals surface area contributed by atoms with Crippen LogP contribution in [0.5, 0.6) is 0 Å². The van der Waals surface area contributed by atoms with Gasteiger partial charge >= 0.3 is 5.65 Å². The third-order valence-corrected chi connectivity index (χ3v) is 15.0. The van der Waals surface area contributed by atoms with Crippen molar-refractivity contribution in [3.8, 4) is 0 Å². The zero-order chi connectivity index (χ0) is 46.7. The molecule has 0 aliphatic carbocycles. The van der Waals surface area contributed by atoms with E-state index < -0.39 is 123 Å². The van der Waals surface area contributed by atoms with Gasteiger partial charge in [-0.15, -0.1) is 5.10 Å². The van der Waals surface area contributed by atoms with Crippen LogP contribution in [0.15, 0.2) is 28.4 Å². The summed E-state index contributed by atoms with van der Waals surface area (Å²) < 4.78 is 88.6. The van der Waals surface area contributed by atoms with Crippen LogP contribution in [0.2, 0.25) is 0 Å². The lowest BCUT2D eigenvalue weighted by Crippen LogP contribution is -2.47. The summed E-state index contributed by atoms with van der Waals surface area (Å²) in [6, 6.07) is 0. The summed E-state index contributed by atoms with van der Waals surface area (Å²) in [6.07, 6.45) is -8.90. The second-order valence-electron chi connectivity index (χ2n) is 13.7. The number of anilines is 2. The highest BCUT2D eigenvalue weighted by atomic mass is 31.3. The first-order valence-electron chi connectivity index (χ1n) is 17.9. The third-order valence-electron chi connectivity index (χ3n) is 9.38. The fourth-order valence-corrected chi connectivity index (χ4v) is 11.1. The summed E-state index contributed by atoms with van der Waals surface area (Å²) in [6.45, 7) is -2.96. The Balaban J connectivity index is 0.889. The summed E-state index contributed by atoms with van der Waals surface area (Å²) >= 11 is 0. The Morgan fingerprint density at radius 3 is 2.31 bits per heavy atom. The molecule has 2 aliphatic heterocycles. The Bertz CT molecular complexity index is 2870. The number of aliphatic hydroxyl groups is 3. The molecule has 0 saturated carbocycles. The van der Waals surface area contributed by atoms with E-state index in [1.54, 1.807) is 0 Å². The van der Waals surface area contributed by atoms with Gasteiger partial charge in [-0.25, -0.2) is 13.9 Å². The number of ether oxygens (including phenoxy) is 3. The number of hydrogen-bond donors (Lipinski definition) is 8. The monoisotopic (exact) mass is 987 g/mol. The van der Waals surface area contributed by atoms with Crippen LogP contribution < -0.4 is 57.2 Å². The maximum absolute atomic E-state index is 12.7. The first kappa shape index (κ1) is 47.7. The van der Waals surface area contributed by atoms with E-state index in [0.29, 0.717) is 10.9 Å². The van der Waals surface area contributed by atoms with Gasteiger partial charge in [0, 0.05) is 13.7 Å². The van der Waals surface area contributed by atoms with E-state index in [-0.39, 0.29) is 34.2 Å². The minimum absolute atomic E-state index is 0.0106. The zero-order valence-electron chi connectivity index (χ0n) is 32.4. The molecule has 5 aromatic rings. The maximum atomic E-state index is 12.7. The number of aromatic nitrogens is 11. The second-order valence-corrected chi connectivity index (χ2v) is 20.1. The number of fused-ring (bicyclic) bond motifs is 2. The summed E-state index contributed by atoms with van der Waals surface area (Å²) in [5.74, 6) is -0.541. The molecule has 0 bridgehead atoms. The van der Waals surface area contributed by atoms with Crippen molar-refractivity contribution in [2.75, 3.05) is 38.3 Å². The van der Waals surface area contributed by atoms with Crippen LogP contribution in [-0.2, 0) is 63.7 Å². The van der Waals surface area contributed by atoms with Gasteiger partial charge in [0.1, 0.15) is 36.6 Å². The van der Waals surface area contributed by atoms with Gasteiger partial charge in [-0.2, -0.15) is 4.98 Å². The number of phosphoric ester groups is 1. The standard InChI is InChI=1S/C26H38N14O20P4/c1-37-9-40(20-14(37)22(45)34-26(28)32-20)24-18(54-2)16(42)11(58-24)7-56-63(50,51)60-64(52,53)59-61(46,47)12-5-38(36-35-12)4-3-30-62(48,49)55-6-10-15(41)17(43)23(57-10)39-8-29-13-19(39)31-25(27)33-21(13)44/h5,8-11,15-18,23-24,41-43H,3-4,6-7H2,1-2H3,(H10-,27,28,30,31,32,33,34,44,45,46,47,48,49,50,51,52,53)/p-3/t10-,11-,15?,16+,17+,18?,23-,24-/m1/s1. The Morgan fingerprint density at radius 2 is 1.59 bits per heavy atom. The van der Waals surface area contributed by atoms with E-state index in [1.807, 2.05) is 5.09 Å². The van der Waals surface area contributed by atoms with Crippen molar-refractivity contribution in [2.24, 2.45) is 7.05 Å². The number of aromatic amines is 2. The summed E-state index contributed by atoms with van der Waals surface area (Å²) in [7, 11) is -20.5. The quantitative estimate of drug-likeness (QED) is 0.0299. The van der Waals surface area contributed by atoms with Gasteiger partial charge < -0.3 is 74.2 Å². The predicted molar refractivity (Wildman–Crippen MR) is 197 cm³/mol. The number of aliphatic hydroxyl groups excluding tert-OH is 3. The summed E-state index contributed by atoms with van der Waals surface area (Å²) in [5.41, 5.74) is 8.52. The summed E-state index contributed by atoms with van der Waals surface area (Å²) in [4.78, 5) is 91.2. The van der Waals surface area contributed by atoms with Crippen LogP contribution in [0.3, 0.4) is 0 Å². The molecule has 2 saturated heterocycles. The van der Waals surface area contributed by atoms with E-state index in [1.165, 1.54) is 29.6 Å². The summed E-state index contributed by atoms with van der Waals surface area (Å²) in [5, 5.41) is 40.5. The second kappa shape index (κ2) is 17.9. The predicted octanol–water partition coefficient (Wildman–Crippen LogP) is -7.73. The third kappa shape index (κ3) is 9.95. The molecule has 6 unspecified atom stereocenters. The van der Waals surface area contributed by atoms with Crippen molar-refractivity contribution in [1.29, 1.82) is 0 Å². The van der Waals surface area contributed by atoms with Crippen molar-refractivity contribution in [3.05, 3.63) is 39.6 Å². The van der Waals surface area contributed by atoms with Crippen LogP contribution in [0.1, 0.15) is 12.5 Å². The zero-order valence-corrected chi connectivity index (χ0v) is 36.0. The van der Waals surface area contributed by atoms with Gasteiger partial charge in [-0.3, -0.25) is 56.5 Å². The molecule has 7 rings (SSSR count). The van der Waals surface area contributed by atoms with Crippen molar-refractivity contribution in [2.45, 2.75) is 55.6 Å². The van der Waals surface area contributed by atoms with E-state index >= 15 is 0 Å². The number of hydrogen-bond acceptors (Lipinski definition) is 27. The molecule has 38 heteroatoms. The van der Waals surface area contributed by atoms with Gasteiger partial charge in [0.15, 0.2) is 36.7 Å². The topological polar surface area (TPSA) is 499 Å². The molecule has 352 valence electrons. The number of nitrogen functional groups attached to an aromatic ring is 2. The number of nitrogens with one attached hydrogen (secondary N) is 3. The first-order valence-corrected chi connectivity index (χ1v) is 23.9. The molecule has 12 atom stereocenters. The van der Waals surface area contributed by atoms with Crippen LogP contribution in [0.25, 0.3) is 22.3 Å². The molecule has 5 aromatic heterocycles. The largest absolute Gasteiger partial charge is 0.774 e. The fraction of sp³-hybridized carbons (Fsp3) is 0.538. The van der Waals surface area contributed by atoms with Gasteiger partial charge in [-0.05, 0) is 0 Å². The van der Waals surface area contributed by atoms with E-state index in [4.69, 9.17) is 30.2 Å². The van der Waals surface area contributed by atoms with Crippen molar-refractivity contribution < 1.29 is 89.6 Å². The smallest absolute Gasteiger partial charge is 0.313 e. The number of nitrogens with two attached hydrogens (primary N) is 2. The Hall–Kier alpha value is -4.24. The molecule has 10 N–H and O–H groups in total. The normalized spacial score (nSPS) is 27.7. The molecule has 0 amide bonds. The van der Waals surface area contributed by atoms with E-state index in [0.717, 1.165) is 10.9 Å². The highest BCUT2D eigenvalue weighted by Gasteiger charge is 2.49. The lowest BCUT2D eigenvalue weighted by atomic mass is 10.1. The molecule has 2 aliphatic rings. The molecule has 0 radical (unpaired) electrons. The SMILES string of the molecule is COC1[C@@H](O)[C@@H](COP(=O)([O-])OP(=O)([O-])OP(=O)([O-])c2cn(CCNP(=O)([O-])OC[C@H]3O[C@@H](n4cnc5c(=O)[nH]c(N)nc54)[C@@H](O)C3O)nn2)O[C@H]1[n+]1cn(C)c2c(=O)[nH]c(N)nc21. The van der Waals surface area contributed by atoms with E-state index in [2.05, 4.69) is 48.4 Å². The number of H-pyrrole nitrogens is 2. The number of phosphoric acid groups is 2. The van der Waals surface area contributed by atoms with Gasteiger partial charge in [0.25, 0.3) is 32.7 Å². The van der Waals surface area contributed by atoms with E-state index in [9.17, 15) is 62.7 Å². The lowest BCUT2D eigenvalue weighted by molar-refractivity contribution is -0.746. The highest BCUT2D eigenvalue weighted by molar-refractivity contribution is 7.70. The first-order chi connectivity index (χ1) is 29.9. The Labute approximate surface area is 354 Å². The van der Waals surface area contributed by atoms with Gasteiger partial charge in [0.2, 0.25) is 25.4 Å². The van der Waals surface area contributed by atoms with Crippen molar-refractivity contribution in [1.82, 2.24) is 54.1 Å². The molecule has 0 aromatic carbocycles. The van der Waals surface area contributed by atoms with Gasteiger partial charge in [-0.1, -0.05) is 10.2 Å². The average molecular weight is 988 g/mol. The molecular formula is C26H35N14O20P4-3. The number of rotatable bonds is 18. The van der Waals surface area contributed by atoms with Crippen LogP contribution in [-0.4, -0.2) is 128 Å². The van der Waals surface area contributed by atoms with Crippen LogP contribution in [0, 0.1) is 0 Å². The minimum Gasteiger partial charge on any atom is -0.774 e. The minimum atomic E-state index is -6.35. The fourth-order valence-electron chi connectivity index (χ4n) is 6.56.